The molecule has 1 aliphatic rings. The molecule has 1 N–H and O–H groups in total. The van der Waals surface area contributed by atoms with Crippen LogP contribution in [0.5, 0.6) is 0 Å². The van der Waals surface area contributed by atoms with Gasteiger partial charge in [0.2, 0.25) is 0 Å². The molecule has 4 heteroatoms. The van der Waals surface area contributed by atoms with Crippen molar-refractivity contribution in [2.75, 3.05) is 0 Å². The number of hydrogen-bond donors (Lipinski definition) is 1. The number of nitrogens with zero attached hydrogens (tertiary/aromatic N) is 1. The lowest BCUT2D eigenvalue weighted by Gasteiger charge is -1.82. The third kappa shape index (κ3) is 0.636. The Hall–Kier alpha value is -0.220. The normalized spacial score (nSPS) is 19.8. The molecule has 1 aliphatic heterocycles. The molecule has 0 aromatic carbocycles. The van der Waals surface area contributed by atoms with Gasteiger partial charge < -0.3 is 0 Å². The van der Waals surface area contributed by atoms with Gasteiger partial charge in [-0.05, 0) is 0 Å². The fourth-order valence-electron chi connectivity index (χ4n) is 0.149. The van der Waals surface area contributed by atoms with Crippen LogP contribution in [0.1, 0.15) is 0 Å². The topological polar surface area (TPSA) is 33.6 Å². The summed E-state index contributed by atoms with van der Waals surface area (Å²) in [6, 6.07) is 0. The van der Waals surface area contributed by atoms with Gasteiger partial charge in [-0.1, -0.05) is 0 Å². The average Bonchev–Trinajstić information content (AvgIpc) is 1.86. The van der Waals surface area contributed by atoms with Crippen molar-refractivity contribution >= 4 is 18.1 Å². The zero-order valence-corrected chi connectivity index (χ0v) is 3.79. The summed E-state index contributed by atoms with van der Waals surface area (Å²) in [7, 11) is 0. The first-order valence-corrected chi connectivity index (χ1v) is 2.08. The fraction of sp³-hybridized carbons (Fsp3) is 0. The van der Waals surface area contributed by atoms with Crippen molar-refractivity contribution in [3.8, 4) is 0 Å². The Kier molecular flexibility index (Phi) is 0.979. The Morgan fingerprint density at radius 3 is 3.00 bits per heavy atom. The van der Waals surface area contributed by atoms with Gasteiger partial charge in [0.1, 0.15) is 5.84 Å². The van der Waals surface area contributed by atoms with Crippen LogP contribution in [-0.4, -0.2) is 5.84 Å². The molecule has 1 rings (SSSR count). The first-order chi connectivity index (χ1) is 2.89. The van der Waals surface area contributed by atoms with E-state index in [9.17, 15) is 0 Å². The van der Waals surface area contributed by atoms with Crippen LogP contribution in [0.3, 0.4) is 0 Å². The highest BCUT2D eigenvalue weighted by molar-refractivity contribution is 7.93. The number of amidine groups is 1. The zero-order chi connectivity index (χ0) is 4.41. The SMILES string of the molecule is [CH2]C1=NSON1. The van der Waals surface area contributed by atoms with Crippen LogP contribution in [0.4, 0.5) is 0 Å². The molecule has 3 nitrogen and oxygen atoms in total. The monoisotopic (exact) mass is 103 g/mol. The van der Waals surface area contributed by atoms with Crippen molar-refractivity contribution < 1.29 is 4.28 Å². The van der Waals surface area contributed by atoms with Crippen LogP contribution >= 0.6 is 12.2 Å². The highest BCUT2D eigenvalue weighted by Gasteiger charge is 1.96. The molecule has 1 heterocycles. The van der Waals surface area contributed by atoms with E-state index in [1.54, 1.807) is 0 Å². The van der Waals surface area contributed by atoms with Crippen LogP contribution < -0.4 is 5.48 Å². The standard InChI is InChI=1S/C2H3N2OS/c1-2-3-5-6-4-2/h1H2,(H,3,4). The first kappa shape index (κ1) is 3.95. The molecule has 0 unspecified atom stereocenters. The van der Waals surface area contributed by atoms with Gasteiger partial charge in [0.05, 0.1) is 0 Å². The first-order valence-electron chi connectivity index (χ1n) is 1.38. The highest BCUT2D eigenvalue weighted by Crippen LogP contribution is 2.06. The maximum Gasteiger partial charge on any atom is 0.166 e. The van der Waals surface area contributed by atoms with Crippen molar-refractivity contribution in [1.29, 1.82) is 0 Å². The van der Waals surface area contributed by atoms with Crippen LogP contribution in [-0.2, 0) is 4.28 Å². The lowest BCUT2D eigenvalue weighted by Crippen LogP contribution is -2.10. The molecule has 1 radical (unpaired) electrons. The summed E-state index contributed by atoms with van der Waals surface area (Å²) in [5.74, 6) is 0.569. The van der Waals surface area contributed by atoms with Crippen molar-refractivity contribution in [3.05, 3.63) is 6.92 Å². The van der Waals surface area contributed by atoms with E-state index in [1.807, 2.05) is 0 Å². The molecular formula is C2H3N2OS. The number of rotatable bonds is 0. The van der Waals surface area contributed by atoms with E-state index in [1.165, 1.54) is 0 Å². The van der Waals surface area contributed by atoms with Gasteiger partial charge in [-0.15, -0.1) is 0 Å². The summed E-state index contributed by atoms with van der Waals surface area (Å²) in [5, 5.41) is 0. The van der Waals surface area contributed by atoms with Gasteiger partial charge in [-0.2, -0.15) is 8.68 Å². The molecule has 6 heavy (non-hydrogen) atoms. The molecule has 33 valence electrons. The smallest absolute Gasteiger partial charge is 0.166 e. The zero-order valence-electron chi connectivity index (χ0n) is 2.97. The fourth-order valence-corrected chi connectivity index (χ4v) is 0.447. The predicted octanol–water partition coefficient (Wildman–Crippen LogP) is 0.317. The van der Waals surface area contributed by atoms with Crippen LogP contribution in [0.15, 0.2) is 4.40 Å². The molecule has 0 atom stereocenters. The van der Waals surface area contributed by atoms with Gasteiger partial charge in [-0.3, -0.25) is 0 Å². The van der Waals surface area contributed by atoms with E-state index in [4.69, 9.17) is 0 Å². The lowest BCUT2D eigenvalue weighted by atomic mass is 10.7. The number of hydrogen-bond acceptors (Lipinski definition) is 4. The van der Waals surface area contributed by atoms with Crippen molar-refractivity contribution in [2.45, 2.75) is 0 Å². The molecule has 0 saturated heterocycles. The largest absolute Gasteiger partial charge is 0.237 e. The summed E-state index contributed by atoms with van der Waals surface area (Å²) in [5.41, 5.74) is 2.42. The molecule has 0 amide bonds. The molecule has 0 aromatic heterocycles. The average molecular weight is 103 g/mol. The number of hydroxylamine groups is 1. The van der Waals surface area contributed by atoms with Gasteiger partial charge in [0.15, 0.2) is 12.2 Å². The van der Waals surface area contributed by atoms with Crippen molar-refractivity contribution in [1.82, 2.24) is 5.48 Å². The van der Waals surface area contributed by atoms with Gasteiger partial charge >= 0.3 is 0 Å². The van der Waals surface area contributed by atoms with Crippen LogP contribution in [0.25, 0.3) is 0 Å². The van der Waals surface area contributed by atoms with E-state index >= 15 is 0 Å². The van der Waals surface area contributed by atoms with Crippen molar-refractivity contribution in [3.63, 3.8) is 0 Å². The second kappa shape index (κ2) is 1.49. The summed E-state index contributed by atoms with van der Waals surface area (Å²) in [6.45, 7) is 3.43. The van der Waals surface area contributed by atoms with E-state index in [0.717, 1.165) is 12.2 Å². The van der Waals surface area contributed by atoms with E-state index in [-0.39, 0.29) is 0 Å². The Morgan fingerprint density at radius 2 is 2.83 bits per heavy atom. The van der Waals surface area contributed by atoms with Crippen molar-refractivity contribution in [2.24, 2.45) is 4.40 Å². The minimum Gasteiger partial charge on any atom is -0.237 e. The Balaban J connectivity index is 2.45. The quantitative estimate of drug-likeness (QED) is 0.354. The Morgan fingerprint density at radius 1 is 2.00 bits per heavy atom. The maximum atomic E-state index is 4.46. The summed E-state index contributed by atoms with van der Waals surface area (Å²) >= 11 is 0.997. The number of nitrogens with one attached hydrogen (secondary N) is 1. The Bertz CT molecular complexity index is 81.6. The summed E-state index contributed by atoms with van der Waals surface area (Å²) in [6.07, 6.45) is 0. The third-order valence-electron chi connectivity index (χ3n) is 0.344. The predicted molar refractivity (Wildman–Crippen MR) is 24.6 cm³/mol. The van der Waals surface area contributed by atoms with E-state index in [2.05, 4.69) is 21.1 Å². The molecule has 0 spiro atoms. The lowest BCUT2D eigenvalue weighted by molar-refractivity contribution is 0.328. The molecule has 0 saturated carbocycles. The molecule has 0 aromatic rings. The van der Waals surface area contributed by atoms with E-state index in [0.29, 0.717) is 5.84 Å². The Labute approximate surface area is 40.1 Å². The summed E-state index contributed by atoms with van der Waals surface area (Å²) < 4.78 is 8.08. The minimum atomic E-state index is 0.569. The third-order valence-corrected chi connectivity index (χ3v) is 0.797. The minimum absolute atomic E-state index is 0.569. The molecule has 0 fully saturated rings. The maximum absolute atomic E-state index is 4.46. The second-order valence-electron chi connectivity index (χ2n) is 0.798. The summed E-state index contributed by atoms with van der Waals surface area (Å²) in [4.78, 5) is 0. The van der Waals surface area contributed by atoms with Crippen LogP contribution in [0.2, 0.25) is 0 Å². The van der Waals surface area contributed by atoms with E-state index < -0.39 is 0 Å². The molecular weight excluding hydrogens is 100 g/mol. The second-order valence-corrected chi connectivity index (χ2v) is 1.30. The van der Waals surface area contributed by atoms with Gasteiger partial charge in [0.25, 0.3) is 0 Å². The van der Waals surface area contributed by atoms with Gasteiger partial charge in [0, 0.05) is 6.92 Å². The molecule has 0 aliphatic carbocycles. The van der Waals surface area contributed by atoms with Gasteiger partial charge in [-0.25, -0.2) is 5.48 Å². The van der Waals surface area contributed by atoms with Crippen LogP contribution in [0, 0.1) is 6.92 Å². The highest BCUT2D eigenvalue weighted by atomic mass is 32.2. The molecule has 0 bridgehead atoms.